The van der Waals surface area contributed by atoms with Gasteiger partial charge in [-0.2, -0.15) is 0 Å². The summed E-state index contributed by atoms with van der Waals surface area (Å²) in [6.45, 7) is 9.82. The summed E-state index contributed by atoms with van der Waals surface area (Å²) < 4.78 is 40.9. The van der Waals surface area contributed by atoms with E-state index in [4.69, 9.17) is 0 Å². The number of aryl methyl sites for hydroxylation is 1. The van der Waals surface area contributed by atoms with E-state index in [2.05, 4.69) is 4.72 Å². The standard InChI is InChI=1S/C18H22FNO2S/c1-12-10-14(18(3,4)5)11-17(13(12)2)23(21,22)20-16-8-6-15(19)7-9-16/h6-11,20H,1-5H3. The van der Waals surface area contributed by atoms with Gasteiger partial charge in [-0.15, -0.1) is 0 Å². The minimum atomic E-state index is -3.73. The largest absolute Gasteiger partial charge is 0.280 e. The molecule has 0 aliphatic heterocycles. The molecule has 1 N–H and O–H groups in total. The van der Waals surface area contributed by atoms with Gasteiger partial charge in [0.25, 0.3) is 10.0 Å². The summed E-state index contributed by atoms with van der Waals surface area (Å²) >= 11 is 0. The van der Waals surface area contributed by atoms with Gasteiger partial charge >= 0.3 is 0 Å². The van der Waals surface area contributed by atoms with Crippen LogP contribution >= 0.6 is 0 Å². The summed E-state index contributed by atoms with van der Waals surface area (Å²) in [5.74, 6) is -0.408. The maximum absolute atomic E-state index is 13.0. The second kappa shape index (κ2) is 5.96. The van der Waals surface area contributed by atoms with E-state index < -0.39 is 15.8 Å². The van der Waals surface area contributed by atoms with Crippen LogP contribution < -0.4 is 4.72 Å². The summed E-state index contributed by atoms with van der Waals surface area (Å²) in [6, 6.07) is 8.99. The Morgan fingerprint density at radius 2 is 1.57 bits per heavy atom. The Morgan fingerprint density at radius 3 is 2.09 bits per heavy atom. The molecule has 2 aromatic carbocycles. The Balaban J connectivity index is 2.50. The third-order valence-corrected chi connectivity index (χ3v) is 5.38. The molecule has 5 heteroatoms. The zero-order valence-corrected chi connectivity index (χ0v) is 14.9. The fourth-order valence-electron chi connectivity index (χ4n) is 2.27. The van der Waals surface area contributed by atoms with Gasteiger partial charge in [-0.05, 0) is 66.3 Å². The molecule has 2 rings (SSSR count). The minimum Gasteiger partial charge on any atom is -0.280 e. The van der Waals surface area contributed by atoms with Crippen LogP contribution in [0, 0.1) is 19.7 Å². The van der Waals surface area contributed by atoms with Crippen LogP contribution in [0.5, 0.6) is 0 Å². The summed E-state index contributed by atoms with van der Waals surface area (Å²) in [7, 11) is -3.73. The average Bonchev–Trinajstić information content (AvgIpc) is 2.42. The van der Waals surface area contributed by atoms with E-state index in [-0.39, 0.29) is 10.3 Å². The van der Waals surface area contributed by atoms with E-state index in [0.717, 1.165) is 11.1 Å². The molecule has 0 aliphatic rings. The number of sulfonamides is 1. The quantitative estimate of drug-likeness (QED) is 0.895. The van der Waals surface area contributed by atoms with E-state index in [9.17, 15) is 12.8 Å². The first kappa shape index (κ1) is 17.5. The van der Waals surface area contributed by atoms with E-state index in [1.807, 2.05) is 33.8 Å². The molecule has 2 aromatic rings. The summed E-state index contributed by atoms with van der Waals surface area (Å²) in [6.07, 6.45) is 0. The summed E-state index contributed by atoms with van der Waals surface area (Å²) in [5, 5.41) is 0. The Morgan fingerprint density at radius 1 is 1.00 bits per heavy atom. The second-order valence-electron chi connectivity index (χ2n) is 6.78. The number of hydrogen-bond donors (Lipinski definition) is 1. The lowest BCUT2D eigenvalue weighted by Gasteiger charge is -2.22. The first-order chi connectivity index (χ1) is 10.5. The third kappa shape index (κ3) is 3.91. The normalized spacial score (nSPS) is 12.3. The van der Waals surface area contributed by atoms with Gasteiger partial charge in [0.1, 0.15) is 5.82 Å². The highest BCUT2D eigenvalue weighted by molar-refractivity contribution is 7.92. The van der Waals surface area contributed by atoms with E-state index >= 15 is 0 Å². The van der Waals surface area contributed by atoms with Crippen LogP contribution in [0.25, 0.3) is 0 Å². The Hall–Kier alpha value is -1.88. The highest BCUT2D eigenvalue weighted by atomic mass is 32.2. The van der Waals surface area contributed by atoms with Crippen LogP contribution in [-0.4, -0.2) is 8.42 Å². The molecule has 0 fully saturated rings. The van der Waals surface area contributed by atoms with Crippen molar-refractivity contribution in [2.24, 2.45) is 0 Å². The van der Waals surface area contributed by atoms with Gasteiger partial charge in [-0.25, -0.2) is 12.8 Å². The molecular weight excluding hydrogens is 313 g/mol. The lowest BCUT2D eigenvalue weighted by Crippen LogP contribution is -2.18. The molecule has 23 heavy (non-hydrogen) atoms. The maximum atomic E-state index is 13.0. The van der Waals surface area contributed by atoms with Gasteiger partial charge in [0.15, 0.2) is 0 Å². The van der Waals surface area contributed by atoms with Crippen molar-refractivity contribution in [1.29, 1.82) is 0 Å². The topological polar surface area (TPSA) is 46.2 Å². The number of benzene rings is 2. The third-order valence-electron chi connectivity index (χ3n) is 3.87. The first-order valence-electron chi connectivity index (χ1n) is 7.41. The Bertz CT molecular complexity index is 819. The van der Waals surface area contributed by atoms with Crippen molar-refractivity contribution in [3.05, 3.63) is 58.9 Å². The minimum absolute atomic E-state index is 0.154. The van der Waals surface area contributed by atoms with E-state index in [0.29, 0.717) is 11.3 Å². The number of rotatable bonds is 3. The van der Waals surface area contributed by atoms with Crippen molar-refractivity contribution < 1.29 is 12.8 Å². The van der Waals surface area contributed by atoms with Gasteiger partial charge in [-0.1, -0.05) is 26.8 Å². The maximum Gasteiger partial charge on any atom is 0.262 e. The predicted octanol–water partition coefficient (Wildman–Crippen LogP) is 4.54. The fourth-order valence-corrected chi connectivity index (χ4v) is 3.67. The summed E-state index contributed by atoms with van der Waals surface area (Å²) in [4.78, 5) is 0.256. The Labute approximate surface area is 137 Å². The fraction of sp³-hybridized carbons (Fsp3) is 0.333. The zero-order valence-electron chi connectivity index (χ0n) is 14.1. The SMILES string of the molecule is Cc1cc(C(C)(C)C)cc(S(=O)(=O)Nc2ccc(F)cc2)c1C. The van der Waals surface area contributed by atoms with Gasteiger partial charge in [0, 0.05) is 5.69 Å². The second-order valence-corrected chi connectivity index (χ2v) is 8.43. The molecule has 0 saturated heterocycles. The lowest BCUT2D eigenvalue weighted by molar-refractivity contribution is 0.583. The molecule has 0 aromatic heterocycles. The number of nitrogens with one attached hydrogen (secondary N) is 1. The molecule has 3 nitrogen and oxygen atoms in total. The number of halogens is 1. The van der Waals surface area contributed by atoms with Crippen LogP contribution in [0.1, 0.15) is 37.5 Å². The van der Waals surface area contributed by atoms with Crippen molar-refractivity contribution in [3.8, 4) is 0 Å². The van der Waals surface area contributed by atoms with E-state index in [1.165, 1.54) is 24.3 Å². The highest BCUT2D eigenvalue weighted by Gasteiger charge is 2.23. The van der Waals surface area contributed by atoms with Crippen molar-refractivity contribution in [2.75, 3.05) is 4.72 Å². The molecule has 0 bridgehead atoms. The molecule has 124 valence electrons. The van der Waals surface area contributed by atoms with Crippen LogP contribution in [0.15, 0.2) is 41.3 Å². The van der Waals surface area contributed by atoms with Crippen molar-refractivity contribution >= 4 is 15.7 Å². The molecule has 0 aliphatic carbocycles. The average molecular weight is 335 g/mol. The van der Waals surface area contributed by atoms with Crippen LogP contribution in [-0.2, 0) is 15.4 Å². The molecule has 0 saturated carbocycles. The van der Waals surface area contributed by atoms with Crippen molar-refractivity contribution in [3.63, 3.8) is 0 Å². The predicted molar refractivity (Wildman–Crippen MR) is 91.8 cm³/mol. The van der Waals surface area contributed by atoms with Crippen molar-refractivity contribution in [2.45, 2.75) is 44.9 Å². The molecule has 0 heterocycles. The lowest BCUT2D eigenvalue weighted by atomic mass is 9.85. The first-order valence-corrected chi connectivity index (χ1v) is 8.89. The number of anilines is 1. The van der Waals surface area contributed by atoms with Gasteiger partial charge in [0.05, 0.1) is 4.90 Å². The highest BCUT2D eigenvalue weighted by Crippen LogP contribution is 2.30. The Kier molecular flexibility index (Phi) is 4.53. The van der Waals surface area contributed by atoms with Gasteiger partial charge in [0.2, 0.25) is 0 Å². The van der Waals surface area contributed by atoms with Crippen molar-refractivity contribution in [1.82, 2.24) is 0 Å². The molecule has 0 spiro atoms. The molecular formula is C18H22FNO2S. The zero-order chi connectivity index (χ0) is 17.4. The van der Waals surface area contributed by atoms with Gasteiger partial charge < -0.3 is 0 Å². The monoisotopic (exact) mass is 335 g/mol. The van der Waals surface area contributed by atoms with E-state index in [1.54, 1.807) is 13.0 Å². The van der Waals surface area contributed by atoms with Crippen LogP contribution in [0.4, 0.5) is 10.1 Å². The molecule has 0 amide bonds. The molecule has 0 atom stereocenters. The van der Waals surface area contributed by atoms with Gasteiger partial charge in [-0.3, -0.25) is 4.72 Å². The number of hydrogen-bond acceptors (Lipinski definition) is 2. The smallest absolute Gasteiger partial charge is 0.262 e. The van der Waals surface area contributed by atoms with Crippen LogP contribution in [0.2, 0.25) is 0 Å². The molecule has 0 unspecified atom stereocenters. The molecule has 0 radical (unpaired) electrons. The summed E-state index contributed by atoms with van der Waals surface area (Å²) in [5.41, 5.74) is 2.78. The van der Waals surface area contributed by atoms with Crippen LogP contribution in [0.3, 0.4) is 0 Å².